The minimum atomic E-state index is -0.178. The largest absolute Gasteiger partial charge is 0.353 e. The fraction of sp³-hybridized carbons (Fsp3) is 0.762. The molecule has 0 radical (unpaired) electrons. The van der Waals surface area contributed by atoms with Crippen molar-refractivity contribution in [2.75, 3.05) is 5.75 Å². The number of aromatic nitrogens is 2. The molecule has 0 saturated heterocycles. The van der Waals surface area contributed by atoms with E-state index in [2.05, 4.69) is 51.8 Å². The van der Waals surface area contributed by atoms with E-state index in [4.69, 9.17) is 0 Å². The van der Waals surface area contributed by atoms with Crippen molar-refractivity contribution in [2.45, 2.75) is 84.0 Å². The molecule has 1 aliphatic carbocycles. The normalized spacial score (nSPS) is 27.7. The highest BCUT2D eigenvalue weighted by Crippen LogP contribution is 2.38. The summed E-state index contributed by atoms with van der Waals surface area (Å²) in [6.45, 7) is 13.4. The molecule has 3 atom stereocenters. The number of hydrogen-bond acceptors (Lipinski definition) is 4. The lowest BCUT2D eigenvalue weighted by Crippen LogP contribution is -2.47. The molecule has 0 aromatic carbocycles. The van der Waals surface area contributed by atoms with Gasteiger partial charge in [-0.25, -0.2) is 4.98 Å². The molecular weight excluding hydrogens is 358 g/mol. The van der Waals surface area contributed by atoms with Crippen LogP contribution in [0.2, 0.25) is 0 Å². The summed E-state index contributed by atoms with van der Waals surface area (Å²) in [7, 11) is 0. The van der Waals surface area contributed by atoms with Crippen LogP contribution in [0, 0.1) is 17.3 Å². The van der Waals surface area contributed by atoms with E-state index in [9.17, 15) is 9.59 Å². The Morgan fingerprint density at radius 1 is 1.33 bits per heavy atom. The van der Waals surface area contributed by atoms with E-state index in [1.165, 1.54) is 18.2 Å². The van der Waals surface area contributed by atoms with Crippen molar-refractivity contribution >= 4 is 17.7 Å². The summed E-state index contributed by atoms with van der Waals surface area (Å²) in [6.07, 6.45) is 3.28. The standard InChI is InChI=1S/C21H33N3O2S/c1-13-7-15(10-21(5,6)9-13)22-18(26)14-11-24-17(25)8-16(20(2,3)4)23-19(24)27-12-14/h8,13-15H,7,9-12H2,1-6H3,(H,22,26). The summed E-state index contributed by atoms with van der Waals surface area (Å²) < 4.78 is 1.67. The zero-order chi connectivity index (χ0) is 20.0. The highest BCUT2D eigenvalue weighted by atomic mass is 32.2. The van der Waals surface area contributed by atoms with Gasteiger partial charge in [0, 0.05) is 29.8 Å². The lowest BCUT2D eigenvalue weighted by atomic mass is 9.70. The van der Waals surface area contributed by atoms with Gasteiger partial charge in [0.05, 0.1) is 11.6 Å². The van der Waals surface area contributed by atoms with Crippen molar-refractivity contribution < 1.29 is 4.79 Å². The zero-order valence-corrected chi connectivity index (χ0v) is 18.3. The quantitative estimate of drug-likeness (QED) is 0.783. The third kappa shape index (κ3) is 4.76. The molecule has 5 nitrogen and oxygen atoms in total. The minimum absolute atomic E-state index is 0.0534. The molecule has 3 rings (SSSR count). The molecular formula is C21H33N3O2S. The molecule has 0 spiro atoms. The highest BCUT2D eigenvalue weighted by molar-refractivity contribution is 7.99. The van der Waals surface area contributed by atoms with Crippen molar-refractivity contribution in [1.82, 2.24) is 14.9 Å². The predicted octanol–water partition coefficient (Wildman–Crippen LogP) is 3.59. The predicted molar refractivity (Wildman–Crippen MR) is 110 cm³/mol. The van der Waals surface area contributed by atoms with Crippen LogP contribution in [0.15, 0.2) is 16.0 Å². The number of nitrogens with one attached hydrogen (secondary N) is 1. The summed E-state index contributed by atoms with van der Waals surface area (Å²) in [5.74, 6) is 1.21. The average molecular weight is 392 g/mol. The smallest absolute Gasteiger partial charge is 0.254 e. The van der Waals surface area contributed by atoms with Crippen molar-refractivity contribution in [3.63, 3.8) is 0 Å². The van der Waals surface area contributed by atoms with Crippen molar-refractivity contribution in [3.05, 3.63) is 22.1 Å². The highest BCUT2D eigenvalue weighted by Gasteiger charge is 2.35. The number of carbonyl (C=O) groups excluding carboxylic acids is 1. The van der Waals surface area contributed by atoms with E-state index in [-0.39, 0.29) is 34.3 Å². The second-order valence-corrected chi connectivity index (χ2v) is 11.2. The molecule has 150 valence electrons. The zero-order valence-electron chi connectivity index (χ0n) is 17.5. The van der Waals surface area contributed by atoms with Crippen LogP contribution in [0.1, 0.15) is 66.5 Å². The first kappa shape index (κ1) is 20.4. The number of rotatable bonds is 2. The van der Waals surface area contributed by atoms with Gasteiger partial charge in [0.25, 0.3) is 5.56 Å². The monoisotopic (exact) mass is 391 g/mol. The molecule has 2 heterocycles. The molecule has 1 fully saturated rings. The lowest BCUT2D eigenvalue weighted by Gasteiger charge is -2.39. The number of carbonyl (C=O) groups is 1. The Balaban J connectivity index is 1.71. The van der Waals surface area contributed by atoms with E-state index >= 15 is 0 Å². The van der Waals surface area contributed by atoms with E-state index in [1.807, 2.05) is 0 Å². The Hall–Kier alpha value is -1.30. The van der Waals surface area contributed by atoms with Crippen LogP contribution in [0.3, 0.4) is 0 Å². The summed E-state index contributed by atoms with van der Waals surface area (Å²) in [4.78, 5) is 30.1. The van der Waals surface area contributed by atoms with Crippen LogP contribution < -0.4 is 10.9 Å². The summed E-state index contributed by atoms with van der Waals surface area (Å²) in [5.41, 5.74) is 0.872. The molecule has 3 unspecified atom stereocenters. The van der Waals surface area contributed by atoms with Crippen LogP contribution in [-0.2, 0) is 16.8 Å². The van der Waals surface area contributed by atoms with Crippen LogP contribution in [0.4, 0.5) is 0 Å². The van der Waals surface area contributed by atoms with Crippen LogP contribution in [0.25, 0.3) is 0 Å². The maximum Gasteiger partial charge on any atom is 0.254 e. The Morgan fingerprint density at radius 2 is 2.04 bits per heavy atom. The van der Waals surface area contributed by atoms with Gasteiger partial charge in [-0.15, -0.1) is 0 Å². The number of nitrogens with zero attached hydrogens (tertiary/aromatic N) is 2. The van der Waals surface area contributed by atoms with Gasteiger partial charge in [-0.2, -0.15) is 0 Å². The molecule has 6 heteroatoms. The molecule has 1 aliphatic heterocycles. The van der Waals surface area contributed by atoms with Gasteiger partial charge in [-0.05, 0) is 30.6 Å². The second kappa shape index (κ2) is 7.26. The number of amides is 1. The number of hydrogen-bond donors (Lipinski definition) is 1. The SMILES string of the molecule is CC1CC(NC(=O)C2CSc3nc(C(C)(C)C)cc(=O)n3C2)CC(C)(C)C1. The van der Waals surface area contributed by atoms with Crippen molar-refractivity contribution in [1.29, 1.82) is 0 Å². The Kier molecular flexibility index (Phi) is 5.50. The summed E-state index contributed by atoms with van der Waals surface area (Å²) in [5, 5.41) is 4.01. The van der Waals surface area contributed by atoms with Gasteiger partial charge in [0.1, 0.15) is 0 Å². The van der Waals surface area contributed by atoms with Crippen molar-refractivity contribution in [2.24, 2.45) is 17.3 Å². The second-order valence-electron chi connectivity index (χ2n) is 10.2. The first-order chi connectivity index (χ1) is 12.4. The van der Waals surface area contributed by atoms with Gasteiger partial charge in [-0.3, -0.25) is 14.2 Å². The van der Waals surface area contributed by atoms with E-state index in [1.54, 1.807) is 10.6 Å². The molecule has 1 amide bonds. The van der Waals surface area contributed by atoms with E-state index < -0.39 is 0 Å². The van der Waals surface area contributed by atoms with Gasteiger partial charge in [-0.1, -0.05) is 53.3 Å². The third-order valence-corrected chi connectivity index (χ3v) is 6.80. The van der Waals surface area contributed by atoms with Gasteiger partial charge >= 0.3 is 0 Å². The molecule has 1 saturated carbocycles. The maximum absolute atomic E-state index is 12.9. The molecule has 1 aromatic rings. The number of thioether (sulfide) groups is 1. The Labute approximate surface area is 166 Å². The van der Waals surface area contributed by atoms with Gasteiger partial charge in [0.15, 0.2) is 5.16 Å². The molecule has 1 aromatic heterocycles. The molecule has 1 N–H and O–H groups in total. The third-order valence-electron chi connectivity index (χ3n) is 5.66. The van der Waals surface area contributed by atoms with Crippen LogP contribution in [-0.4, -0.2) is 27.3 Å². The first-order valence-corrected chi connectivity index (χ1v) is 11.0. The minimum Gasteiger partial charge on any atom is -0.353 e. The number of fused-ring (bicyclic) bond motifs is 1. The summed E-state index contributed by atoms with van der Waals surface area (Å²) in [6, 6.07) is 1.86. The molecule has 2 aliphatic rings. The van der Waals surface area contributed by atoms with E-state index in [0.29, 0.717) is 18.2 Å². The Bertz CT molecular complexity index is 779. The van der Waals surface area contributed by atoms with Gasteiger partial charge in [0.2, 0.25) is 5.91 Å². The topological polar surface area (TPSA) is 64.0 Å². The lowest BCUT2D eigenvalue weighted by molar-refractivity contribution is -0.126. The van der Waals surface area contributed by atoms with Crippen molar-refractivity contribution in [3.8, 4) is 0 Å². The fourth-order valence-corrected chi connectivity index (χ4v) is 5.62. The first-order valence-electron chi connectivity index (χ1n) is 10.0. The molecule has 27 heavy (non-hydrogen) atoms. The Morgan fingerprint density at radius 3 is 2.67 bits per heavy atom. The average Bonchev–Trinajstić information content (AvgIpc) is 2.51. The van der Waals surface area contributed by atoms with Crippen LogP contribution in [0.5, 0.6) is 0 Å². The summed E-state index contributed by atoms with van der Waals surface area (Å²) >= 11 is 1.52. The van der Waals surface area contributed by atoms with Gasteiger partial charge < -0.3 is 5.32 Å². The van der Waals surface area contributed by atoms with Crippen LogP contribution >= 0.6 is 11.8 Å². The molecule has 0 bridgehead atoms. The fourth-order valence-electron chi connectivity index (χ4n) is 4.53. The maximum atomic E-state index is 12.9. The van der Waals surface area contributed by atoms with E-state index in [0.717, 1.165) is 23.7 Å².